The lowest BCUT2D eigenvalue weighted by Crippen LogP contribution is -2.30. The molecular formula is C31H32N4O4. The van der Waals surface area contributed by atoms with Gasteiger partial charge in [0.2, 0.25) is 0 Å². The lowest BCUT2D eigenvalue weighted by molar-refractivity contribution is 0.102. The molecule has 1 saturated carbocycles. The van der Waals surface area contributed by atoms with Crippen LogP contribution in [0.15, 0.2) is 72.8 Å². The highest BCUT2D eigenvalue weighted by atomic mass is 16.5. The van der Waals surface area contributed by atoms with Gasteiger partial charge >= 0.3 is 6.03 Å². The summed E-state index contributed by atoms with van der Waals surface area (Å²) in [7, 11) is 1.51. The van der Waals surface area contributed by atoms with Gasteiger partial charge in [-0.1, -0.05) is 54.8 Å². The van der Waals surface area contributed by atoms with Crippen molar-refractivity contribution in [2.45, 2.75) is 45.1 Å². The number of aryl methyl sites for hydroxylation is 1. The molecule has 1 aromatic heterocycles. The number of ether oxygens (including phenoxy) is 1. The number of carbonyl (C=O) groups excluding carboxylic acids is 2. The van der Waals surface area contributed by atoms with Crippen LogP contribution >= 0.6 is 0 Å². The highest BCUT2D eigenvalue weighted by Gasteiger charge is 2.26. The Balaban J connectivity index is 1.38. The number of nitrogens with one attached hydrogen (secondary N) is 2. The summed E-state index contributed by atoms with van der Waals surface area (Å²) in [5.74, 6) is 0.298. The molecule has 0 bridgehead atoms. The number of carbonyl (C=O) groups is 2. The maximum Gasteiger partial charge on any atom is 0.342 e. The van der Waals surface area contributed by atoms with Gasteiger partial charge in [0.25, 0.3) is 5.91 Å². The van der Waals surface area contributed by atoms with E-state index < -0.39 is 0 Å². The molecule has 0 aliphatic heterocycles. The van der Waals surface area contributed by atoms with Crippen molar-refractivity contribution in [3.63, 3.8) is 0 Å². The van der Waals surface area contributed by atoms with Crippen molar-refractivity contribution in [2.24, 2.45) is 0 Å². The summed E-state index contributed by atoms with van der Waals surface area (Å²) in [6.07, 6.45) is 4.22. The van der Waals surface area contributed by atoms with Crippen LogP contribution in [0.5, 0.6) is 11.5 Å². The molecule has 0 atom stereocenters. The summed E-state index contributed by atoms with van der Waals surface area (Å²) < 4.78 is 6.72. The van der Waals surface area contributed by atoms with Crippen LogP contribution in [0, 0.1) is 6.92 Å². The maximum atomic E-state index is 13.2. The first kappa shape index (κ1) is 26.0. The Bertz CT molecular complexity index is 1500. The van der Waals surface area contributed by atoms with E-state index in [1.807, 2.05) is 37.3 Å². The zero-order valence-corrected chi connectivity index (χ0v) is 22.1. The minimum Gasteiger partial charge on any atom is -0.507 e. The van der Waals surface area contributed by atoms with E-state index in [1.165, 1.54) is 17.9 Å². The summed E-state index contributed by atoms with van der Waals surface area (Å²) in [5.41, 5.74) is 4.79. The highest BCUT2D eigenvalue weighted by Crippen LogP contribution is 2.38. The second kappa shape index (κ2) is 11.4. The van der Waals surface area contributed by atoms with E-state index in [-0.39, 0.29) is 23.6 Å². The number of phenols is 1. The molecule has 0 unspecified atom stereocenters. The van der Waals surface area contributed by atoms with Gasteiger partial charge in [0.15, 0.2) is 0 Å². The van der Waals surface area contributed by atoms with Crippen LogP contribution in [0.3, 0.4) is 0 Å². The number of anilines is 1. The first-order valence-electron chi connectivity index (χ1n) is 13.1. The molecule has 0 saturated heterocycles. The molecule has 8 nitrogen and oxygen atoms in total. The van der Waals surface area contributed by atoms with Crippen molar-refractivity contribution >= 4 is 17.6 Å². The number of hydrogen-bond acceptors (Lipinski definition) is 5. The smallest absolute Gasteiger partial charge is 0.342 e. The zero-order chi connectivity index (χ0) is 27.4. The molecule has 1 heterocycles. The summed E-state index contributed by atoms with van der Waals surface area (Å²) in [4.78, 5) is 26.0. The standard InChI is InChI=1S/C31H32N4O4/c1-20-8-7-9-21(16-20)19-32-31(38)35-27(22-10-3-4-11-22)18-26(34-35)24-15-14-23(17-28(24)36)33-30(37)25-12-5-6-13-29(25)39-2/h5-9,12-18,22,36H,3-4,10-11,19H2,1-2H3,(H,32,38)(H,33,37). The van der Waals surface area contributed by atoms with Gasteiger partial charge in [0.1, 0.15) is 11.5 Å². The number of nitrogens with zero attached hydrogens (tertiary/aromatic N) is 2. The lowest BCUT2D eigenvalue weighted by atomic mass is 10.0. The Morgan fingerprint density at radius 2 is 1.82 bits per heavy atom. The van der Waals surface area contributed by atoms with Crippen molar-refractivity contribution in [3.8, 4) is 22.8 Å². The topological polar surface area (TPSA) is 105 Å². The molecule has 8 heteroatoms. The molecule has 1 aliphatic rings. The molecule has 4 aromatic rings. The second-order valence-corrected chi connectivity index (χ2v) is 9.88. The van der Waals surface area contributed by atoms with E-state index >= 15 is 0 Å². The summed E-state index contributed by atoms with van der Waals surface area (Å²) in [6.45, 7) is 2.41. The minimum absolute atomic E-state index is 0.0457. The van der Waals surface area contributed by atoms with E-state index in [1.54, 1.807) is 36.4 Å². The number of aromatic nitrogens is 2. The van der Waals surface area contributed by atoms with Crippen LogP contribution < -0.4 is 15.4 Å². The van der Waals surface area contributed by atoms with E-state index in [0.717, 1.165) is 42.5 Å². The number of hydrogen-bond donors (Lipinski definition) is 3. The van der Waals surface area contributed by atoms with Crippen LogP contribution in [-0.2, 0) is 6.54 Å². The Hall–Kier alpha value is -4.59. The van der Waals surface area contributed by atoms with Gasteiger partial charge in [0.05, 0.1) is 24.1 Å². The van der Waals surface area contributed by atoms with E-state index in [0.29, 0.717) is 34.8 Å². The van der Waals surface area contributed by atoms with E-state index in [9.17, 15) is 14.7 Å². The molecule has 0 spiro atoms. The Labute approximate surface area is 227 Å². The molecule has 3 aromatic carbocycles. The molecule has 1 fully saturated rings. The Morgan fingerprint density at radius 3 is 2.56 bits per heavy atom. The zero-order valence-electron chi connectivity index (χ0n) is 22.1. The van der Waals surface area contributed by atoms with Gasteiger partial charge in [-0.25, -0.2) is 4.79 Å². The summed E-state index contributed by atoms with van der Waals surface area (Å²) in [5, 5.41) is 21.3. The Kier molecular flexibility index (Phi) is 7.63. The first-order chi connectivity index (χ1) is 18.9. The third-order valence-corrected chi connectivity index (χ3v) is 7.11. The molecule has 5 rings (SSSR count). The fourth-order valence-electron chi connectivity index (χ4n) is 5.13. The average molecular weight is 525 g/mol. The molecule has 3 N–H and O–H groups in total. The van der Waals surface area contributed by atoms with Gasteiger partial charge in [-0.3, -0.25) is 4.79 Å². The van der Waals surface area contributed by atoms with Crippen LogP contribution in [0.25, 0.3) is 11.3 Å². The summed E-state index contributed by atoms with van der Waals surface area (Å²) in [6, 6.07) is 21.4. The van der Waals surface area contributed by atoms with Crippen LogP contribution in [0.4, 0.5) is 10.5 Å². The molecule has 200 valence electrons. The van der Waals surface area contributed by atoms with Crippen molar-refractivity contribution in [1.29, 1.82) is 0 Å². The SMILES string of the molecule is COc1ccccc1C(=O)Nc1ccc(-c2cc(C3CCCC3)n(C(=O)NCc3cccc(C)c3)n2)c(O)c1. The first-order valence-corrected chi connectivity index (χ1v) is 13.1. The number of benzene rings is 3. The average Bonchev–Trinajstić information content (AvgIpc) is 3.62. The molecule has 0 radical (unpaired) electrons. The monoisotopic (exact) mass is 524 g/mol. The van der Waals surface area contributed by atoms with Crippen LogP contribution in [0.1, 0.15) is 58.8 Å². The van der Waals surface area contributed by atoms with Crippen molar-refractivity contribution in [3.05, 3.63) is 95.2 Å². The van der Waals surface area contributed by atoms with Gasteiger partial charge in [-0.15, -0.1) is 0 Å². The predicted octanol–water partition coefficient (Wildman–Crippen LogP) is 6.24. The third-order valence-electron chi connectivity index (χ3n) is 7.11. The highest BCUT2D eigenvalue weighted by molar-refractivity contribution is 6.06. The van der Waals surface area contributed by atoms with Crippen molar-refractivity contribution in [1.82, 2.24) is 15.1 Å². The number of para-hydroxylation sites is 1. The molecule has 1 aliphatic carbocycles. The summed E-state index contributed by atoms with van der Waals surface area (Å²) >= 11 is 0. The number of aromatic hydroxyl groups is 1. The van der Waals surface area contributed by atoms with Crippen LogP contribution in [0.2, 0.25) is 0 Å². The number of rotatable bonds is 7. The molecule has 2 amide bonds. The number of phenolic OH excluding ortho intramolecular Hbond substituents is 1. The Morgan fingerprint density at radius 1 is 1.03 bits per heavy atom. The van der Waals surface area contributed by atoms with Crippen molar-refractivity contribution < 1.29 is 19.4 Å². The largest absolute Gasteiger partial charge is 0.507 e. The quantitative estimate of drug-likeness (QED) is 0.265. The van der Waals surface area contributed by atoms with E-state index in [2.05, 4.69) is 15.7 Å². The molecular weight excluding hydrogens is 492 g/mol. The third kappa shape index (κ3) is 5.80. The lowest BCUT2D eigenvalue weighted by Gasteiger charge is -2.12. The van der Waals surface area contributed by atoms with Gasteiger partial charge < -0.3 is 20.5 Å². The fourth-order valence-corrected chi connectivity index (χ4v) is 5.13. The number of amides is 2. The normalized spacial score (nSPS) is 13.3. The second-order valence-electron chi connectivity index (χ2n) is 9.88. The van der Waals surface area contributed by atoms with Crippen LogP contribution in [-0.4, -0.2) is 33.9 Å². The van der Waals surface area contributed by atoms with Gasteiger partial charge in [-0.05, 0) is 55.7 Å². The minimum atomic E-state index is -0.349. The van der Waals surface area contributed by atoms with Gasteiger partial charge in [0, 0.05) is 29.8 Å². The fraction of sp³-hybridized carbons (Fsp3) is 0.258. The van der Waals surface area contributed by atoms with Crippen molar-refractivity contribution in [2.75, 3.05) is 12.4 Å². The van der Waals surface area contributed by atoms with Gasteiger partial charge in [-0.2, -0.15) is 9.78 Å². The molecule has 39 heavy (non-hydrogen) atoms. The van der Waals surface area contributed by atoms with E-state index in [4.69, 9.17) is 4.74 Å². The number of methoxy groups -OCH3 is 1. The predicted molar refractivity (Wildman–Crippen MR) is 150 cm³/mol. The maximum absolute atomic E-state index is 13.2.